The van der Waals surface area contributed by atoms with Crippen LogP contribution in [0, 0.1) is 47.4 Å². The van der Waals surface area contributed by atoms with Gasteiger partial charge in [0.05, 0.1) is 33.5 Å². The van der Waals surface area contributed by atoms with E-state index in [0.717, 1.165) is 0 Å². The number of hydrogen-bond acceptors (Lipinski definition) is 11. The van der Waals surface area contributed by atoms with Crippen LogP contribution < -0.4 is 21.7 Å². The first-order valence-electron chi connectivity index (χ1n) is 17.0. The van der Waals surface area contributed by atoms with Gasteiger partial charge < -0.3 is 46.1 Å². The van der Waals surface area contributed by atoms with E-state index in [1.807, 2.05) is 0 Å². The molecule has 14 nitrogen and oxygen atoms in total. The molecule has 7 N–H and O–H groups in total. The molecule has 0 bridgehead atoms. The van der Waals surface area contributed by atoms with E-state index in [9.17, 15) is 24.0 Å². The number of esters is 2. The van der Waals surface area contributed by atoms with Gasteiger partial charge in [0, 0.05) is 41.1 Å². The molecule has 0 aliphatic rings. The van der Waals surface area contributed by atoms with E-state index in [1.165, 1.54) is 14.2 Å². The van der Waals surface area contributed by atoms with Gasteiger partial charge in [0.2, 0.25) is 0 Å². The molecule has 0 heterocycles. The summed E-state index contributed by atoms with van der Waals surface area (Å²) in [5.41, 5.74) is 7.01. The third-order valence-electron chi connectivity index (χ3n) is 6.74. The number of aliphatic hydroxyl groups is 2. The second kappa shape index (κ2) is 24.9. The Labute approximate surface area is 322 Å². The second-order valence-corrected chi connectivity index (χ2v) is 12.4. The van der Waals surface area contributed by atoms with Crippen molar-refractivity contribution in [3.05, 3.63) is 70.8 Å². The lowest BCUT2D eigenvalue weighted by Gasteiger charge is -2.26. The third kappa shape index (κ3) is 18.9. The normalized spacial score (nSPS) is 12.0. The molecular weight excluding hydrogens is 708 g/mol. The van der Waals surface area contributed by atoms with Crippen molar-refractivity contribution in [3.8, 4) is 47.4 Å². The van der Waals surface area contributed by atoms with E-state index in [4.69, 9.17) is 25.4 Å². The maximum absolute atomic E-state index is 12.6. The molecule has 0 saturated carbocycles. The van der Waals surface area contributed by atoms with Gasteiger partial charge in [-0.05, 0) is 107 Å². The highest BCUT2D eigenvalue weighted by Crippen LogP contribution is 2.09. The van der Waals surface area contributed by atoms with Gasteiger partial charge in [-0.2, -0.15) is 0 Å². The predicted molar refractivity (Wildman–Crippen MR) is 205 cm³/mol. The monoisotopic (exact) mass is 756 g/mol. The molecule has 55 heavy (non-hydrogen) atoms. The Hall–Kier alpha value is -6.29. The fourth-order valence-corrected chi connectivity index (χ4v) is 4.01. The molecule has 2 aromatic rings. The van der Waals surface area contributed by atoms with Crippen molar-refractivity contribution in [2.75, 3.05) is 27.4 Å². The van der Waals surface area contributed by atoms with Crippen LogP contribution in [0.1, 0.15) is 79.3 Å². The van der Waals surface area contributed by atoms with Crippen LogP contribution in [-0.2, 0) is 23.8 Å². The Kier molecular flexibility index (Phi) is 21.1. The molecular formula is C41H48N4O10. The van der Waals surface area contributed by atoms with Gasteiger partial charge in [-0.15, -0.1) is 0 Å². The van der Waals surface area contributed by atoms with Gasteiger partial charge in [-0.3, -0.25) is 9.59 Å². The Balaban J connectivity index is 0.000000568. The maximum atomic E-state index is 12.6. The van der Waals surface area contributed by atoms with Gasteiger partial charge in [0.25, 0.3) is 11.8 Å². The lowest BCUT2D eigenvalue weighted by atomic mass is 10.1. The Bertz CT molecular complexity index is 1860. The van der Waals surface area contributed by atoms with Crippen molar-refractivity contribution < 1.29 is 48.4 Å². The summed E-state index contributed by atoms with van der Waals surface area (Å²) >= 11 is 0. The lowest BCUT2D eigenvalue weighted by molar-refractivity contribution is -0.144. The van der Waals surface area contributed by atoms with Crippen molar-refractivity contribution in [1.82, 2.24) is 16.0 Å². The van der Waals surface area contributed by atoms with Gasteiger partial charge >= 0.3 is 18.0 Å². The zero-order chi connectivity index (χ0) is 41.4. The van der Waals surface area contributed by atoms with Crippen molar-refractivity contribution in [3.63, 3.8) is 0 Å². The van der Waals surface area contributed by atoms with E-state index >= 15 is 0 Å². The zero-order valence-electron chi connectivity index (χ0n) is 32.0. The lowest BCUT2D eigenvalue weighted by Crippen LogP contribution is -2.55. The first-order chi connectivity index (χ1) is 26.1. The molecule has 4 atom stereocenters. The Morgan fingerprint density at radius 3 is 1.44 bits per heavy atom. The fraction of sp³-hybridized carbons (Fsp3) is 0.390. The largest absolute Gasteiger partial charge is 0.467 e. The number of carbonyl (C=O) groups is 5. The minimum atomic E-state index is -1.12. The molecule has 0 radical (unpaired) electrons. The molecule has 0 aliphatic carbocycles. The number of alkyl carbamates (subject to hydrolysis) is 1. The molecule has 0 unspecified atom stereocenters. The van der Waals surface area contributed by atoms with Crippen molar-refractivity contribution >= 4 is 29.8 Å². The Morgan fingerprint density at radius 2 is 1.07 bits per heavy atom. The minimum absolute atomic E-state index is 0.00642. The average molecular weight is 757 g/mol. The van der Waals surface area contributed by atoms with Crippen LogP contribution in [0.2, 0.25) is 0 Å². The summed E-state index contributed by atoms with van der Waals surface area (Å²) in [5, 5.41) is 24.9. The molecule has 0 aliphatic heterocycles. The smallest absolute Gasteiger partial charge is 0.407 e. The highest BCUT2D eigenvalue weighted by molar-refractivity contribution is 5.98. The number of amides is 3. The molecule has 0 saturated heterocycles. The summed E-state index contributed by atoms with van der Waals surface area (Å²) in [5.74, 6) is 19.3. The zero-order valence-corrected chi connectivity index (χ0v) is 32.0. The van der Waals surface area contributed by atoms with Crippen LogP contribution in [0.15, 0.2) is 48.5 Å². The number of aliphatic hydroxyl groups excluding tert-OH is 2. The van der Waals surface area contributed by atoms with E-state index in [2.05, 4.69) is 68.1 Å². The average Bonchev–Trinajstić information content (AvgIpc) is 3.14. The van der Waals surface area contributed by atoms with Crippen LogP contribution in [0.3, 0.4) is 0 Å². The number of methoxy groups -OCH3 is 2. The molecule has 3 amide bonds. The topological polar surface area (TPSA) is 216 Å². The molecule has 0 fully saturated rings. The van der Waals surface area contributed by atoms with Crippen molar-refractivity contribution in [1.29, 1.82) is 0 Å². The number of nitrogens with two attached hydrogens (primary N) is 1. The molecule has 0 spiro atoms. The summed E-state index contributed by atoms with van der Waals surface area (Å²) in [6.45, 7) is 8.30. The quantitative estimate of drug-likeness (QED) is 0.110. The van der Waals surface area contributed by atoms with Gasteiger partial charge in [-0.25, -0.2) is 14.4 Å². The van der Waals surface area contributed by atoms with Crippen molar-refractivity contribution in [2.24, 2.45) is 5.73 Å². The molecule has 2 aromatic carbocycles. The molecule has 0 aromatic heterocycles. The Morgan fingerprint density at radius 1 is 0.673 bits per heavy atom. The van der Waals surface area contributed by atoms with Crippen molar-refractivity contribution in [2.45, 2.75) is 77.2 Å². The highest BCUT2D eigenvalue weighted by atomic mass is 16.6. The van der Waals surface area contributed by atoms with E-state index in [1.54, 1.807) is 83.1 Å². The number of ether oxygens (including phenoxy) is 3. The van der Waals surface area contributed by atoms with E-state index in [0.29, 0.717) is 35.1 Å². The fourth-order valence-electron chi connectivity index (χ4n) is 4.01. The van der Waals surface area contributed by atoms with E-state index in [-0.39, 0.29) is 13.2 Å². The third-order valence-corrected chi connectivity index (χ3v) is 6.74. The predicted octanol–water partition coefficient (Wildman–Crippen LogP) is 1.65. The summed E-state index contributed by atoms with van der Waals surface area (Å²) in [4.78, 5) is 60.5. The van der Waals surface area contributed by atoms with Crippen LogP contribution in [0.4, 0.5) is 4.79 Å². The number of benzene rings is 2. The van der Waals surface area contributed by atoms with Gasteiger partial charge in [0.1, 0.15) is 17.7 Å². The molecule has 292 valence electrons. The minimum Gasteiger partial charge on any atom is -0.467 e. The number of nitrogens with one attached hydrogen (secondary N) is 3. The van der Waals surface area contributed by atoms with Gasteiger partial charge in [-0.1, -0.05) is 23.7 Å². The summed E-state index contributed by atoms with van der Waals surface area (Å²) in [6.07, 6.45) is 0.0265. The van der Waals surface area contributed by atoms with Crippen LogP contribution in [0.5, 0.6) is 0 Å². The molecule has 14 heteroatoms. The summed E-state index contributed by atoms with van der Waals surface area (Å²) in [7, 11) is 2.43. The number of hydrogen-bond donors (Lipinski definition) is 6. The summed E-state index contributed by atoms with van der Waals surface area (Å²) in [6, 6.07) is 9.54. The van der Waals surface area contributed by atoms with Gasteiger partial charge in [0.15, 0.2) is 0 Å². The van der Waals surface area contributed by atoms with E-state index < -0.39 is 59.6 Å². The van der Waals surface area contributed by atoms with Crippen LogP contribution >= 0.6 is 0 Å². The first kappa shape index (κ1) is 46.7. The molecule has 2 rings (SSSR count). The number of rotatable bonds is 11. The first-order valence-corrected chi connectivity index (χ1v) is 17.0. The van der Waals surface area contributed by atoms with Crippen LogP contribution in [-0.4, -0.2) is 97.3 Å². The SMILES string of the molecule is COC(=O)[C@@H](NC(=O)c1ccc(C#CC#CCCO)cc1)[C@@H](C)N.COC(=O)[C@@H](NC(=O)c1ccc(C#CC#CCCO)cc1)[C@@H](C)NC(=O)OC(C)(C)C. The standard InChI is InChI=1S/C23H28N2O6.C18H20N2O4/c1-16(24-22(29)31-23(2,3)4)19(21(28)30-5)25-20(27)18-13-11-17(12-14-18)10-8-6-7-9-15-26;1-13(19)16(18(23)24-2)20-17(22)15-10-8-14(9-11-15)7-5-3-4-6-12-21/h11-14,16,19,26H,9,15H2,1-5H3,(H,24,29)(H,25,27);8-11,13,16,21H,6,12,19H2,1-2H3,(H,20,22)/t16-,19+;13-,16+/m11/s1. The maximum Gasteiger partial charge on any atom is 0.407 e. The number of carbonyl (C=O) groups excluding carboxylic acids is 5. The van der Waals surface area contributed by atoms with Crippen LogP contribution in [0.25, 0.3) is 0 Å². The summed E-state index contributed by atoms with van der Waals surface area (Å²) < 4.78 is 14.6. The highest BCUT2D eigenvalue weighted by Gasteiger charge is 2.31. The second-order valence-electron chi connectivity index (χ2n) is 12.4.